The molecule has 0 radical (unpaired) electrons. The Kier molecular flexibility index (Phi) is 5.43. The van der Waals surface area contributed by atoms with Gasteiger partial charge < -0.3 is 5.32 Å². The Labute approximate surface area is 150 Å². The van der Waals surface area contributed by atoms with E-state index in [2.05, 4.69) is 28.1 Å². The predicted octanol–water partition coefficient (Wildman–Crippen LogP) is 2.28. The van der Waals surface area contributed by atoms with Crippen LogP contribution >= 0.6 is 15.9 Å². The van der Waals surface area contributed by atoms with Crippen molar-refractivity contribution in [2.45, 2.75) is 25.3 Å². The summed E-state index contributed by atoms with van der Waals surface area (Å²) in [5.74, 6) is -0.228. The van der Waals surface area contributed by atoms with Crippen molar-refractivity contribution in [1.82, 2.24) is 0 Å². The standard InChI is InChI=1S/C19H19BrN2O2/c20-15-8-10-16(11-9-15)22-18(23)13-17(19(22)24)21-12-4-7-14-5-2-1-3-6-14/h1-3,5-6,8-11,17,21H,4,7,12-13H2/p+1/t17-/m0/s1. The minimum Gasteiger partial charge on any atom is -0.336 e. The van der Waals surface area contributed by atoms with Gasteiger partial charge in [-0.1, -0.05) is 46.3 Å². The number of carbonyl (C=O) groups is 2. The van der Waals surface area contributed by atoms with Crippen LogP contribution in [0.15, 0.2) is 59.1 Å². The number of nitrogens with two attached hydrogens (primary N) is 1. The van der Waals surface area contributed by atoms with Crippen LogP contribution in [-0.4, -0.2) is 24.4 Å². The average Bonchev–Trinajstić information content (AvgIpc) is 2.88. The smallest absolute Gasteiger partial charge is 0.292 e. The van der Waals surface area contributed by atoms with E-state index < -0.39 is 0 Å². The number of halogens is 1. The normalized spacial score (nSPS) is 17.5. The van der Waals surface area contributed by atoms with Crippen LogP contribution in [0.25, 0.3) is 0 Å². The van der Waals surface area contributed by atoms with Gasteiger partial charge >= 0.3 is 0 Å². The molecule has 5 heteroatoms. The quantitative estimate of drug-likeness (QED) is 0.610. The molecule has 24 heavy (non-hydrogen) atoms. The van der Waals surface area contributed by atoms with Crippen LogP contribution in [-0.2, 0) is 16.0 Å². The number of amides is 2. The Bertz CT molecular complexity index is 716. The lowest BCUT2D eigenvalue weighted by molar-refractivity contribution is -0.674. The maximum absolute atomic E-state index is 12.5. The lowest BCUT2D eigenvalue weighted by Crippen LogP contribution is -2.91. The first kappa shape index (κ1) is 16.9. The second kappa shape index (κ2) is 7.73. The number of aryl methyl sites for hydroxylation is 1. The van der Waals surface area contributed by atoms with Gasteiger partial charge in [0.1, 0.15) is 0 Å². The summed E-state index contributed by atoms with van der Waals surface area (Å²) in [5.41, 5.74) is 1.95. The summed E-state index contributed by atoms with van der Waals surface area (Å²) < 4.78 is 0.925. The first-order chi connectivity index (χ1) is 11.6. The van der Waals surface area contributed by atoms with E-state index in [-0.39, 0.29) is 24.3 Å². The van der Waals surface area contributed by atoms with Crippen molar-refractivity contribution in [2.75, 3.05) is 11.4 Å². The predicted molar refractivity (Wildman–Crippen MR) is 96.6 cm³/mol. The molecule has 0 aliphatic carbocycles. The molecule has 1 fully saturated rings. The summed E-state index contributed by atoms with van der Waals surface area (Å²) in [5, 5.41) is 2.00. The molecule has 2 aromatic carbocycles. The van der Waals surface area contributed by atoms with Gasteiger partial charge in [-0.05, 0) is 36.2 Å². The molecule has 1 aliphatic rings. The zero-order valence-corrected chi connectivity index (χ0v) is 14.9. The number of carbonyl (C=O) groups excluding carboxylic acids is 2. The van der Waals surface area contributed by atoms with E-state index in [1.165, 1.54) is 10.5 Å². The van der Waals surface area contributed by atoms with E-state index in [1.54, 1.807) is 12.1 Å². The third kappa shape index (κ3) is 3.91. The molecule has 0 unspecified atom stereocenters. The minimum atomic E-state index is -0.295. The highest BCUT2D eigenvalue weighted by atomic mass is 79.9. The highest BCUT2D eigenvalue weighted by Gasteiger charge is 2.41. The second-order valence-corrected chi connectivity index (χ2v) is 6.88. The Hall–Kier alpha value is -1.98. The van der Waals surface area contributed by atoms with Gasteiger partial charge in [-0.3, -0.25) is 9.59 Å². The molecule has 1 aliphatic heterocycles. The molecule has 0 aromatic heterocycles. The molecule has 2 aromatic rings. The van der Waals surface area contributed by atoms with Crippen LogP contribution in [0, 0.1) is 0 Å². The maximum Gasteiger partial charge on any atom is 0.292 e. The zero-order chi connectivity index (χ0) is 16.9. The van der Waals surface area contributed by atoms with Crippen molar-refractivity contribution in [3.63, 3.8) is 0 Å². The Balaban J connectivity index is 1.53. The van der Waals surface area contributed by atoms with Gasteiger partial charge in [0.05, 0.1) is 18.7 Å². The number of anilines is 1. The molecule has 124 valence electrons. The molecule has 0 bridgehead atoms. The number of rotatable bonds is 6. The molecule has 3 rings (SSSR count). The van der Waals surface area contributed by atoms with Crippen molar-refractivity contribution >= 4 is 33.4 Å². The van der Waals surface area contributed by atoms with E-state index >= 15 is 0 Å². The van der Waals surface area contributed by atoms with E-state index in [4.69, 9.17) is 0 Å². The molecule has 4 nitrogen and oxygen atoms in total. The minimum absolute atomic E-state index is 0.109. The third-order valence-corrected chi connectivity index (χ3v) is 4.76. The molecule has 0 spiro atoms. The SMILES string of the molecule is O=C1C[C@H]([NH2+]CCCc2ccccc2)C(=O)N1c1ccc(Br)cc1. The molecule has 1 heterocycles. The van der Waals surface area contributed by atoms with E-state index in [1.807, 2.05) is 35.6 Å². The summed E-state index contributed by atoms with van der Waals surface area (Å²) >= 11 is 3.36. The molecule has 2 amide bonds. The van der Waals surface area contributed by atoms with Crippen LogP contribution in [0.4, 0.5) is 5.69 Å². The number of hydrogen-bond donors (Lipinski definition) is 1. The van der Waals surface area contributed by atoms with Gasteiger partial charge in [0.2, 0.25) is 5.91 Å². The monoisotopic (exact) mass is 387 g/mol. The molecular weight excluding hydrogens is 368 g/mol. The zero-order valence-electron chi connectivity index (χ0n) is 13.3. The van der Waals surface area contributed by atoms with Crippen LogP contribution < -0.4 is 10.2 Å². The summed E-state index contributed by atoms with van der Waals surface area (Å²) in [6.07, 6.45) is 2.25. The van der Waals surface area contributed by atoms with Crippen molar-refractivity contribution in [3.05, 3.63) is 64.6 Å². The Morgan fingerprint density at radius 1 is 1.04 bits per heavy atom. The van der Waals surface area contributed by atoms with Gasteiger partial charge in [0.15, 0.2) is 6.04 Å². The number of nitrogens with zero attached hydrogens (tertiary/aromatic N) is 1. The largest absolute Gasteiger partial charge is 0.336 e. The topological polar surface area (TPSA) is 54.0 Å². The fourth-order valence-electron chi connectivity index (χ4n) is 2.97. The first-order valence-corrected chi connectivity index (χ1v) is 8.94. The van der Waals surface area contributed by atoms with E-state index in [9.17, 15) is 9.59 Å². The maximum atomic E-state index is 12.5. The van der Waals surface area contributed by atoms with Gasteiger partial charge in [-0.15, -0.1) is 0 Å². The summed E-state index contributed by atoms with van der Waals surface area (Å²) in [6, 6.07) is 17.3. The van der Waals surface area contributed by atoms with Gasteiger partial charge in [0, 0.05) is 10.9 Å². The third-order valence-electron chi connectivity index (χ3n) is 4.23. The highest BCUT2D eigenvalue weighted by Crippen LogP contribution is 2.23. The number of benzene rings is 2. The fourth-order valence-corrected chi connectivity index (χ4v) is 3.24. The van der Waals surface area contributed by atoms with Crippen LogP contribution in [0.2, 0.25) is 0 Å². The second-order valence-electron chi connectivity index (χ2n) is 5.97. The summed E-state index contributed by atoms with van der Waals surface area (Å²) in [7, 11) is 0. The lowest BCUT2D eigenvalue weighted by atomic mass is 10.1. The van der Waals surface area contributed by atoms with Crippen molar-refractivity contribution in [1.29, 1.82) is 0 Å². The molecule has 0 saturated carbocycles. The van der Waals surface area contributed by atoms with Crippen molar-refractivity contribution in [3.8, 4) is 0 Å². The van der Waals surface area contributed by atoms with Gasteiger partial charge in [0.25, 0.3) is 5.91 Å². The summed E-state index contributed by atoms with van der Waals surface area (Å²) in [4.78, 5) is 26.0. The highest BCUT2D eigenvalue weighted by molar-refractivity contribution is 9.10. The van der Waals surface area contributed by atoms with Crippen LogP contribution in [0.5, 0.6) is 0 Å². The number of quaternary nitrogens is 1. The van der Waals surface area contributed by atoms with Crippen LogP contribution in [0.3, 0.4) is 0 Å². The molecule has 1 saturated heterocycles. The fraction of sp³-hybridized carbons (Fsp3) is 0.263. The number of hydrogen-bond acceptors (Lipinski definition) is 2. The van der Waals surface area contributed by atoms with Crippen LogP contribution in [0.1, 0.15) is 18.4 Å². The average molecular weight is 388 g/mol. The molecule has 1 atom stereocenters. The van der Waals surface area contributed by atoms with Crippen molar-refractivity contribution in [2.24, 2.45) is 0 Å². The Morgan fingerprint density at radius 2 is 1.75 bits per heavy atom. The molecular formula is C19H20BrN2O2+. The summed E-state index contributed by atoms with van der Waals surface area (Å²) in [6.45, 7) is 0.840. The molecule has 2 N–H and O–H groups in total. The van der Waals surface area contributed by atoms with E-state index in [0.29, 0.717) is 5.69 Å². The first-order valence-electron chi connectivity index (χ1n) is 8.15. The Morgan fingerprint density at radius 3 is 2.46 bits per heavy atom. The number of imide groups is 1. The van der Waals surface area contributed by atoms with Gasteiger partial charge in [-0.2, -0.15) is 0 Å². The lowest BCUT2D eigenvalue weighted by Gasteiger charge is -2.14. The van der Waals surface area contributed by atoms with E-state index in [0.717, 1.165) is 23.9 Å². The van der Waals surface area contributed by atoms with Crippen molar-refractivity contribution < 1.29 is 14.9 Å². The van der Waals surface area contributed by atoms with Gasteiger partial charge in [-0.25, -0.2) is 4.90 Å².